The molecule has 1 aliphatic carbocycles. The molecule has 190 valence electrons. The van der Waals surface area contributed by atoms with Crippen LogP contribution in [0.15, 0.2) is 30.3 Å². The van der Waals surface area contributed by atoms with Crippen LogP contribution in [0.1, 0.15) is 36.6 Å². The molecule has 1 saturated heterocycles. The maximum Gasteiger partial charge on any atom is 0.326 e. The van der Waals surface area contributed by atoms with Gasteiger partial charge in [-0.15, -0.1) is 0 Å². The largest absolute Gasteiger partial charge is 0.421 e. The lowest BCUT2D eigenvalue weighted by Crippen LogP contribution is -2.46. The van der Waals surface area contributed by atoms with Gasteiger partial charge in [0.1, 0.15) is 11.6 Å². The van der Waals surface area contributed by atoms with E-state index in [2.05, 4.69) is 46.3 Å². The number of nitrogens with one attached hydrogen (secondary N) is 3. The van der Waals surface area contributed by atoms with Crippen molar-refractivity contribution in [3.8, 4) is 17.8 Å². The van der Waals surface area contributed by atoms with Crippen molar-refractivity contribution in [1.29, 1.82) is 5.26 Å². The summed E-state index contributed by atoms with van der Waals surface area (Å²) in [5, 5.41) is 20.1. The van der Waals surface area contributed by atoms with Crippen molar-refractivity contribution in [2.45, 2.75) is 32.1 Å². The van der Waals surface area contributed by atoms with Gasteiger partial charge >= 0.3 is 6.01 Å². The average Bonchev–Trinajstić information content (AvgIpc) is 3.53. The summed E-state index contributed by atoms with van der Waals surface area (Å²) in [6.07, 6.45) is 2.87. The van der Waals surface area contributed by atoms with Gasteiger partial charge < -0.3 is 19.9 Å². The number of piperazine rings is 1. The van der Waals surface area contributed by atoms with Gasteiger partial charge in [-0.1, -0.05) is 0 Å². The molecule has 1 aromatic carbocycles. The Balaban J connectivity index is 1.28. The zero-order valence-corrected chi connectivity index (χ0v) is 20.6. The third-order valence-corrected chi connectivity index (χ3v) is 6.84. The van der Waals surface area contributed by atoms with Crippen LogP contribution in [0.25, 0.3) is 10.9 Å². The number of halogens is 1. The Hall–Kier alpha value is -4.17. The van der Waals surface area contributed by atoms with Crippen molar-refractivity contribution < 1.29 is 9.13 Å². The summed E-state index contributed by atoms with van der Waals surface area (Å²) >= 11 is 0. The minimum atomic E-state index is -0.460. The first kappa shape index (κ1) is 23.2. The van der Waals surface area contributed by atoms with Crippen LogP contribution in [0.4, 0.5) is 21.8 Å². The number of benzene rings is 1. The molecule has 0 radical (unpaired) electrons. The average molecular weight is 502 g/mol. The number of hydrogen-bond acceptors (Lipinski definition) is 8. The molecule has 0 bridgehead atoms. The van der Waals surface area contributed by atoms with Crippen LogP contribution in [-0.4, -0.2) is 62.8 Å². The second kappa shape index (κ2) is 9.71. The van der Waals surface area contributed by atoms with Gasteiger partial charge in [0.25, 0.3) is 0 Å². The van der Waals surface area contributed by atoms with E-state index in [-0.39, 0.29) is 11.8 Å². The van der Waals surface area contributed by atoms with Gasteiger partial charge in [-0.3, -0.25) is 10.00 Å². The van der Waals surface area contributed by atoms with Crippen LogP contribution in [0, 0.1) is 24.1 Å². The molecule has 1 aliphatic heterocycles. The van der Waals surface area contributed by atoms with Crippen molar-refractivity contribution in [3.63, 3.8) is 0 Å². The summed E-state index contributed by atoms with van der Waals surface area (Å²) < 4.78 is 21.1. The molecule has 11 heteroatoms. The Bertz CT molecular complexity index is 1460. The van der Waals surface area contributed by atoms with Crippen molar-refractivity contribution in [2.75, 3.05) is 42.9 Å². The molecule has 4 aromatic rings. The van der Waals surface area contributed by atoms with E-state index in [0.29, 0.717) is 40.7 Å². The van der Waals surface area contributed by atoms with Crippen LogP contribution >= 0.6 is 0 Å². The highest BCUT2D eigenvalue weighted by molar-refractivity contribution is 5.82. The van der Waals surface area contributed by atoms with Crippen molar-refractivity contribution in [3.05, 3.63) is 47.5 Å². The van der Waals surface area contributed by atoms with Crippen molar-refractivity contribution in [2.24, 2.45) is 0 Å². The number of nitriles is 1. The van der Waals surface area contributed by atoms with Crippen LogP contribution in [0.5, 0.6) is 11.8 Å². The molecule has 0 amide bonds. The number of hydrogen-bond donors (Lipinski definition) is 3. The van der Waals surface area contributed by atoms with Crippen LogP contribution < -0.4 is 15.0 Å². The Morgan fingerprint density at radius 1 is 1.14 bits per heavy atom. The molecule has 0 spiro atoms. The summed E-state index contributed by atoms with van der Waals surface area (Å²) in [4.78, 5) is 16.7. The first-order valence-electron chi connectivity index (χ1n) is 12.6. The number of aromatic amines is 2. The first-order chi connectivity index (χ1) is 18.1. The van der Waals surface area contributed by atoms with Gasteiger partial charge in [0, 0.05) is 79.5 Å². The highest BCUT2D eigenvalue weighted by Gasteiger charge is 2.26. The van der Waals surface area contributed by atoms with Gasteiger partial charge in [-0.2, -0.15) is 20.3 Å². The number of rotatable bonds is 8. The molecule has 4 heterocycles. The second-order valence-corrected chi connectivity index (χ2v) is 9.63. The molecule has 3 N–H and O–H groups in total. The third-order valence-electron chi connectivity index (χ3n) is 6.84. The molecule has 6 rings (SSSR count). The standard InChI is InChI=1S/C26H28FN9O/c1-16-13-18-19(29-16)5-6-21(25(18)27)37-26-31-22(30-23-14-20(33-34-23)17-3-4-17)15-24(32-26)36-11-9-35(10-12-36)8-2-7-28/h5-6,13-15,17,29H,2-4,8-12H2,1H3,(H2,30,31,32,33,34). The molecular weight excluding hydrogens is 473 g/mol. The zero-order valence-electron chi connectivity index (χ0n) is 20.6. The van der Waals surface area contributed by atoms with Crippen LogP contribution in [0.3, 0.4) is 0 Å². The number of aryl methyl sites for hydroxylation is 1. The Labute approximate surface area is 213 Å². The summed E-state index contributed by atoms with van der Waals surface area (Å²) in [6, 6.07) is 11.2. The Morgan fingerprint density at radius 3 is 2.76 bits per heavy atom. The van der Waals surface area contributed by atoms with Crippen molar-refractivity contribution in [1.82, 2.24) is 30.0 Å². The van der Waals surface area contributed by atoms with E-state index in [4.69, 9.17) is 10.00 Å². The first-order valence-corrected chi connectivity index (χ1v) is 12.6. The molecule has 2 fully saturated rings. The third kappa shape index (κ3) is 5.06. The fraction of sp³-hybridized carbons (Fsp3) is 0.385. The zero-order chi connectivity index (χ0) is 25.4. The predicted octanol–water partition coefficient (Wildman–Crippen LogP) is 4.58. The number of nitrogens with zero attached hydrogens (tertiary/aromatic N) is 6. The Kier molecular flexibility index (Phi) is 6.10. The molecular formula is C26H28FN9O. The van der Waals surface area contributed by atoms with Gasteiger partial charge in [0.15, 0.2) is 17.4 Å². The fourth-order valence-electron chi connectivity index (χ4n) is 4.69. The maximum atomic E-state index is 15.2. The van der Waals surface area contributed by atoms with Gasteiger partial charge in [-0.25, -0.2) is 4.39 Å². The molecule has 0 unspecified atom stereocenters. The molecule has 1 saturated carbocycles. The predicted molar refractivity (Wildman–Crippen MR) is 138 cm³/mol. The number of ether oxygens (including phenoxy) is 1. The minimum Gasteiger partial charge on any atom is -0.421 e. The lowest BCUT2D eigenvalue weighted by atomic mass is 10.2. The van der Waals surface area contributed by atoms with E-state index in [9.17, 15) is 0 Å². The number of anilines is 3. The topological polar surface area (TPSA) is 122 Å². The summed E-state index contributed by atoms with van der Waals surface area (Å²) in [5.74, 6) is 2.01. The highest BCUT2D eigenvalue weighted by Crippen LogP contribution is 2.40. The second-order valence-electron chi connectivity index (χ2n) is 9.63. The van der Waals surface area contributed by atoms with E-state index in [1.807, 2.05) is 19.1 Å². The summed E-state index contributed by atoms with van der Waals surface area (Å²) in [6.45, 7) is 5.79. The highest BCUT2D eigenvalue weighted by atomic mass is 19.1. The molecule has 3 aromatic heterocycles. The van der Waals surface area contributed by atoms with Gasteiger partial charge in [0.05, 0.1) is 6.07 Å². The van der Waals surface area contributed by atoms with Crippen LogP contribution in [-0.2, 0) is 0 Å². The Morgan fingerprint density at radius 2 is 1.97 bits per heavy atom. The van der Waals surface area contributed by atoms with E-state index >= 15 is 4.39 Å². The quantitative estimate of drug-likeness (QED) is 0.321. The van der Waals surface area contributed by atoms with Crippen molar-refractivity contribution >= 4 is 28.4 Å². The lowest BCUT2D eigenvalue weighted by molar-refractivity contribution is 0.262. The minimum absolute atomic E-state index is 0.0513. The number of fused-ring (bicyclic) bond motifs is 1. The fourth-order valence-corrected chi connectivity index (χ4v) is 4.69. The van der Waals surface area contributed by atoms with E-state index < -0.39 is 5.82 Å². The van der Waals surface area contributed by atoms with E-state index in [1.54, 1.807) is 18.2 Å². The van der Waals surface area contributed by atoms with Gasteiger partial charge in [0.2, 0.25) is 0 Å². The molecule has 37 heavy (non-hydrogen) atoms. The lowest BCUT2D eigenvalue weighted by Gasteiger charge is -2.35. The summed E-state index contributed by atoms with van der Waals surface area (Å²) in [7, 11) is 0. The van der Waals surface area contributed by atoms with E-state index in [0.717, 1.165) is 44.1 Å². The monoisotopic (exact) mass is 501 g/mol. The van der Waals surface area contributed by atoms with Crippen LogP contribution in [0.2, 0.25) is 0 Å². The maximum absolute atomic E-state index is 15.2. The SMILES string of the molecule is Cc1cc2c(F)c(Oc3nc(Nc4cc(C5CC5)[nH]n4)cc(N4CCN(CCC#N)CC4)n3)ccc2[nH]1. The normalized spacial score (nSPS) is 16.2. The number of H-pyrrole nitrogens is 2. The van der Waals surface area contributed by atoms with E-state index in [1.165, 1.54) is 12.8 Å². The molecule has 10 nitrogen and oxygen atoms in total. The summed E-state index contributed by atoms with van der Waals surface area (Å²) in [5.41, 5.74) is 2.69. The smallest absolute Gasteiger partial charge is 0.326 e. The van der Waals surface area contributed by atoms with Gasteiger partial charge in [-0.05, 0) is 38.0 Å². The number of aromatic nitrogens is 5. The molecule has 0 atom stereocenters. The molecule has 2 aliphatic rings.